The van der Waals surface area contributed by atoms with Gasteiger partial charge in [-0.2, -0.15) is 0 Å². The SMILES string of the molecule is CCNC(=NCCN(C(C)C)C(C)C)N1CCOC(C2CCCO2)C1.I. The largest absolute Gasteiger partial charge is 0.375 e. The fourth-order valence-electron chi connectivity index (χ4n) is 3.80. The number of ether oxygens (including phenoxy) is 2. The summed E-state index contributed by atoms with van der Waals surface area (Å²) >= 11 is 0. The fourth-order valence-corrected chi connectivity index (χ4v) is 3.80. The standard InChI is InChI=1S/C19H38N4O2.HI/c1-6-20-19(21-9-10-23(15(2)3)16(4)5)22-11-13-25-18(14-22)17-8-7-12-24-17;/h15-18H,6-14H2,1-5H3,(H,20,21);1H. The predicted molar refractivity (Wildman–Crippen MR) is 119 cm³/mol. The quantitative estimate of drug-likeness (QED) is 0.344. The molecule has 2 saturated heterocycles. The van der Waals surface area contributed by atoms with Gasteiger partial charge in [0, 0.05) is 44.9 Å². The smallest absolute Gasteiger partial charge is 0.194 e. The van der Waals surface area contributed by atoms with Crippen molar-refractivity contribution >= 4 is 29.9 Å². The summed E-state index contributed by atoms with van der Waals surface area (Å²) in [5.41, 5.74) is 0. The predicted octanol–water partition coefficient (Wildman–Crippen LogP) is 2.57. The fraction of sp³-hybridized carbons (Fsp3) is 0.947. The van der Waals surface area contributed by atoms with Gasteiger partial charge in [0.05, 0.1) is 19.3 Å². The second-order valence-corrected chi connectivity index (χ2v) is 7.57. The number of morpholine rings is 1. The normalized spacial score (nSPS) is 24.5. The van der Waals surface area contributed by atoms with Gasteiger partial charge in [0.15, 0.2) is 5.96 Å². The third-order valence-corrected chi connectivity index (χ3v) is 5.05. The van der Waals surface area contributed by atoms with E-state index in [0.29, 0.717) is 12.1 Å². The van der Waals surface area contributed by atoms with Crippen LogP contribution >= 0.6 is 24.0 Å². The molecule has 0 aromatic heterocycles. The van der Waals surface area contributed by atoms with E-state index in [1.807, 2.05) is 0 Å². The molecule has 0 aromatic rings. The zero-order chi connectivity index (χ0) is 18.2. The minimum Gasteiger partial charge on any atom is -0.375 e. The molecule has 2 heterocycles. The first-order chi connectivity index (χ1) is 12.0. The molecule has 1 N–H and O–H groups in total. The number of guanidine groups is 1. The average molecular weight is 482 g/mol. The van der Waals surface area contributed by atoms with Crippen LogP contribution in [0, 0.1) is 0 Å². The third-order valence-electron chi connectivity index (χ3n) is 5.05. The van der Waals surface area contributed by atoms with Crippen LogP contribution in [0.25, 0.3) is 0 Å². The summed E-state index contributed by atoms with van der Waals surface area (Å²) < 4.78 is 11.8. The maximum absolute atomic E-state index is 5.97. The Bertz CT molecular complexity index is 406. The topological polar surface area (TPSA) is 49.3 Å². The highest BCUT2D eigenvalue weighted by Crippen LogP contribution is 2.21. The molecule has 2 atom stereocenters. The van der Waals surface area contributed by atoms with Crippen LogP contribution in [0.15, 0.2) is 4.99 Å². The number of hydrogen-bond acceptors (Lipinski definition) is 4. The molecule has 0 spiro atoms. The monoisotopic (exact) mass is 482 g/mol. The second-order valence-electron chi connectivity index (χ2n) is 7.57. The summed E-state index contributed by atoms with van der Waals surface area (Å²) in [6.07, 6.45) is 2.69. The maximum Gasteiger partial charge on any atom is 0.194 e. The molecule has 2 unspecified atom stereocenters. The molecular formula is C19H39IN4O2. The Balaban J connectivity index is 0.00000338. The molecule has 0 radical (unpaired) electrons. The molecule has 6 nitrogen and oxygen atoms in total. The Hall–Kier alpha value is -0.120. The third kappa shape index (κ3) is 7.13. The van der Waals surface area contributed by atoms with E-state index in [4.69, 9.17) is 14.5 Å². The van der Waals surface area contributed by atoms with Crippen molar-refractivity contribution in [2.75, 3.05) is 45.9 Å². The first-order valence-electron chi connectivity index (χ1n) is 10.0. The Morgan fingerprint density at radius 2 is 1.85 bits per heavy atom. The molecule has 2 aliphatic rings. The summed E-state index contributed by atoms with van der Waals surface area (Å²) in [7, 11) is 0. The number of nitrogens with one attached hydrogen (secondary N) is 1. The number of hydrogen-bond donors (Lipinski definition) is 1. The zero-order valence-electron chi connectivity index (χ0n) is 17.2. The molecule has 2 aliphatic heterocycles. The molecule has 0 saturated carbocycles. The van der Waals surface area contributed by atoms with Crippen LogP contribution in [0.5, 0.6) is 0 Å². The molecule has 0 aromatic carbocycles. The maximum atomic E-state index is 5.97. The number of rotatable bonds is 7. The van der Waals surface area contributed by atoms with Crippen LogP contribution in [0.3, 0.4) is 0 Å². The van der Waals surface area contributed by atoms with Gasteiger partial charge < -0.3 is 19.7 Å². The molecular weight excluding hydrogens is 443 g/mol. The van der Waals surface area contributed by atoms with Crippen LogP contribution in [0.4, 0.5) is 0 Å². The highest BCUT2D eigenvalue weighted by molar-refractivity contribution is 14.0. The van der Waals surface area contributed by atoms with Crippen molar-refractivity contribution in [2.24, 2.45) is 4.99 Å². The van der Waals surface area contributed by atoms with Crippen molar-refractivity contribution in [2.45, 2.75) is 71.8 Å². The Morgan fingerprint density at radius 3 is 2.42 bits per heavy atom. The lowest BCUT2D eigenvalue weighted by Gasteiger charge is -2.37. The summed E-state index contributed by atoms with van der Waals surface area (Å²) in [6.45, 7) is 17.2. The first-order valence-corrected chi connectivity index (χ1v) is 10.0. The van der Waals surface area contributed by atoms with Gasteiger partial charge in [-0.05, 0) is 47.5 Å². The molecule has 7 heteroatoms. The van der Waals surface area contributed by atoms with Crippen LogP contribution in [-0.4, -0.2) is 86.0 Å². The Morgan fingerprint density at radius 1 is 1.15 bits per heavy atom. The van der Waals surface area contributed by atoms with Crippen molar-refractivity contribution in [3.05, 3.63) is 0 Å². The van der Waals surface area contributed by atoms with E-state index in [2.05, 4.69) is 49.7 Å². The average Bonchev–Trinajstić information content (AvgIpc) is 3.11. The van der Waals surface area contributed by atoms with Crippen molar-refractivity contribution in [3.8, 4) is 0 Å². The lowest BCUT2D eigenvalue weighted by molar-refractivity contribution is -0.0817. The summed E-state index contributed by atoms with van der Waals surface area (Å²) in [6, 6.07) is 1.09. The Labute approximate surface area is 177 Å². The van der Waals surface area contributed by atoms with Gasteiger partial charge in [-0.1, -0.05) is 0 Å². The van der Waals surface area contributed by atoms with Crippen LogP contribution in [0.2, 0.25) is 0 Å². The number of halogens is 1. The van der Waals surface area contributed by atoms with Crippen molar-refractivity contribution in [1.29, 1.82) is 0 Å². The van der Waals surface area contributed by atoms with E-state index in [0.717, 1.165) is 64.7 Å². The van der Waals surface area contributed by atoms with E-state index in [1.54, 1.807) is 0 Å². The van der Waals surface area contributed by atoms with Crippen LogP contribution in [-0.2, 0) is 9.47 Å². The van der Waals surface area contributed by atoms with Gasteiger partial charge >= 0.3 is 0 Å². The van der Waals surface area contributed by atoms with E-state index in [9.17, 15) is 0 Å². The summed E-state index contributed by atoms with van der Waals surface area (Å²) in [4.78, 5) is 9.73. The molecule has 154 valence electrons. The molecule has 2 fully saturated rings. The summed E-state index contributed by atoms with van der Waals surface area (Å²) in [5.74, 6) is 1.02. The molecule has 26 heavy (non-hydrogen) atoms. The molecule has 0 aliphatic carbocycles. The Kier molecular flexibility index (Phi) is 11.4. The minimum atomic E-state index is 0. The van der Waals surface area contributed by atoms with E-state index < -0.39 is 0 Å². The second kappa shape index (κ2) is 12.4. The lowest BCUT2D eigenvalue weighted by Crippen LogP contribution is -2.53. The van der Waals surface area contributed by atoms with Gasteiger partial charge in [0.1, 0.15) is 6.10 Å². The molecule has 0 amide bonds. The van der Waals surface area contributed by atoms with E-state index >= 15 is 0 Å². The van der Waals surface area contributed by atoms with Gasteiger partial charge in [0.2, 0.25) is 0 Å². The zero-order valence-corrected chi connectivity index (χ0v) is 19.6. The van der Waals surface area contributed by atoms with Crippen LogP contribution < -0.4 is 5.32 Å². The highest BCUT2D eigenvalue weighted by atomic mass is 127. The van der Waals surface area contributed by atoms with Crippen molar-refractivity contribution in [1.82, 2.24) is 15.1 Å². The molecule has 2 rings (SSSR count). The van der Waals surface area contributed by atoms with Gasteiger partial charge in [-0.15, -0.1) is 24.0 Å². The molecule has 0 bridgehead atoms. The number of nitrogens with zero attached hydrogens (tertiary/aromatic N) is 3. The van der Waals surface area contributed by atoms with Crippen molar-refractivity contribution in [3.63, 3.8) is 0 Å². The minimum absolute atomic E-state index is 0. The highest BCUT2D eigenvalue weighted by Gasteiger charge is 2.32. The van der Waals surface area contributed by atoms with Gasteiger partial charge in [-0.25, -0.2) is 0 Å². The van der Waals surface area contributed by atoms with E-state index in [-0.39, 0.29) is 36.2 Å². The number of aliphatic imine (C=N–C) groups is 1. The van der Waals surface area contributed by atoms with Gasteiger partial charge in [-0.3, -0.25) is 9.89 Å². The first kappa shape index (κ1) is 23.9. The lowest BCUT2D eigenvalue weighted by atomic mass is 10.1. The van der Waals surface area contributed by atoms with Crippen molar-refractivity contribution < 1.29 is 9.47 Å². The summed E-state index contributed by atoms with van der Waals surface area (Å²) in [5, 5.41) is 3.46. The van der Waals surface area contributed by atoms with E-state index in [1.165, 1.54) is 0 Å². The van der Waals surface area contributed by atoms with Gasteiger partial charge in [0.25, 0.3) is 0 Å². The van der Waals surface area contributed by atoms with Crippen LogP contribution in [0.1, 0.15) is 47.5 Å².